The molecule has 4 rings (SSSR count). The molecule has 1 aromatic heterocycles. The third-order valence-electron chi connectivity index (χ3n) is 6.25. The summed E-state index contributed by atoms with van der Waals surface area (Å²) in [4.78, 5) is 36.0. The first kappa shape index (κ1) is 30.3. The summed E-state index contributed by atoms with van der Waals surface area (Å²) in [5.74, 6) is -5.56. The fourth-order valence-corrected chi connectivity index (χ4v) is 6.59. The number of amidine groups is 1. The molecule has 1 aromatic carbocycles. The monoisotopic (exact) mass is 662 g/mol. The highest BCUT2D eigenvalue weighted by Gasteiger charge is 2.46. The van der Waals surface area contributed by atoms with Gasteiger partial charge in [0.25, 0.3) is 5.92 Å². The van der Waals surface area contributed by atoms with Crippen molar-refractivity contribution in [3.63, 3.8) is 0 Å². The minimum Gasteiger partial charge on any atom is -0.463 e. The zero-order valence-corrected chi connectivity index (χ0v) is 24.7. The maximum atomic E-state index is 14.6. The summed E-state index contributed by atoms with van der Waals surface area (Å²) in [6, 6.07) is 1.93. The van der Waals surface area contributed by atoms with E-state index in [9.17, 15) is 31.2 Å². The number of sulfone groups is 1. The molecule has 2 aliphatic heterocycles. The number of esters is 1. The molecule has 40 heavy (non-hydrogen) atoms. The van der Waals surface area contributed by atoms with Crippen molar-refractivity contribution in [1.82, 2.24) is 15.2 Å². The van der Waals surface area contributed by atoms with Crippen LogP contribution in [0, 0.1) is 5.82 Å². The van der Waals surface area contributed by atoms with Crippen LogP contribution in [-0.4, -0.2) is 79.6 Å². The van der Waals surface area contributed by atoms with Crippen molar-refractivity contribution in [2.24, 2.45) is 4.99 Å². The third-order valence-corrected chi connectivity index (χ3v) is 8.56. The van der Waals surface area contributed by atoms with E-state index in [1.54, 1.807) is 18.5 Å². The molecule has 15 heteroatoms. The predicted octanol–water partition coefficient (Wildman–Crippen LogP) is 3.67. The molecule has 0 amide bonds. The molecule has 1 fully saturated rings. The molecule has 2 atom stereocenters. The van der Waals surface area contributed by atoms with Gasteiger partial charge in [-0.05, 0) is 24.6 Å². The number of aromatic nitrogens is 1. The van der Waals surface area contributed by atoms with Crippen LogP contribution in [-0.2, 0) is 24.2 Å². The van der Waals surface area contributed by atoms with Crippen molar-refractivity contribution in [2.75, 3.05) is 31.7 Å². The fraction of sp³-hybridized carbons (Fsp3) is 0.440. The molecule has 3 heterocycles. The SMILES string of the molecule is CCOC(=O)C1=C(CN2CC(F)(F)CC2CC(=O)CS(C)(=O)=O)NC(c2nccs2)=NC1c1ccc(F)cc1Br. The molecular formula is C25H26BrF3N4O5S2. The molecule has 0 bridgehead atoms. The predicted molar refractivity (Wildman–Crippen MR) is 147 cm³/mol. The summed E-state index contributed by atoms with van der Waals surface area (Å²) in [6.07, 6.45) is 1.42. The van der Waals surface area contributed by atoms with Gasteiger partial charge in [0.1, 0.15) is 23.4 Å². The van der Waals surface area contributed by atoms with Crippen molar-refractivity contribution < 1.29 is 35.9 Å². The molecule has 1 saturated heterocycles. The van der Waals surface area contributed by atoms with Crippen molar-refractivity contribution in [2.45, 2.75) is 37.8 Å². The van der Waals surface area contributed by atoms with Gasteiger partial charge in [-0.2, -0.15) is 0 Å². The van der Waals surface area contributed by atoms with Crippen molar-refractivity contribution in [3.8, 4) is 0 Å². The number of nitrogens with zero attached hydrogens (tertiary/aromatic N) is 3. The van der Waals surface area contributed by atoms with Gasteiger partial charge in [0.2, 0.25) is 0 Å². The van der Waals surface area contributed by atoms with Crippen LogP contribution in [0.25, 0.3) is 0 Å². The number of nitrogens with one attached hydrogen (secondary N) is 1. The first-order chi connectivity index (χ1) is 18.8. The molecule has 1 N–H and O–H groups in total. The molecule has 2 aromatic rings. The largest absolute Gasteiger partial charge is 0.463 e. The summed E-state index contributed by atoms with van der Waals surface area (Å²) >= 11 is 4.60. The molecule has 2 unspecified atom stereocenters. The summed E-state index contributed by atoms with van der Waals surface area (Å²) < 4.78 is 72.0. The van der Waals surface area contributed by atoms with E-state index in [4.69, 9.17) is 4.74 Å². The Kier molecular flexibility index (Phi) is 9.17. The van der Waals surface area contributed by atoms with Gasteiger partial charge in [-0.15, -0.1) is 11.3 Å². The molecule has 9 nitrogen and oxygen atoms in total. The smallest absolute Gasteiger partial charge is 0.338 e. The van der Waals surface area contributed by atoms with Crippen LogP contribution in [0.3, 0.4) is 0 Å². The minimum absolute atomic E-state index is 0.0282. The van der Waals surface area contributed by atoms with Gasteiger partial charge in [0.05, 0.1) is 18.7 Å². The lowest BCUT2D eigenvalue weighted by atomic mass is 9.95. The number of hydrogen-bond donors (Lipinski definition) is 1. The van der Waals surface area contributed by atoms with Crippen molar-refractivity contribution in [3.05, 3.63) is 61.9 Å². The number of carbonyl (C=O) groups excluding carboxylic acids is 2. The summed E-state index contributed by atoms with van der Waals surface area (Å²) in [6.45, 7) is 0.715. The number of benzene rings is 1. The van der Waals surface area contributed by atoms with Gasteiger partial charge in [-0.1, -0.05) is 22.0 Å². The van der Waals surface area contributed by atoms with Crippen LogP contribution >= 0.6 is 27.3 Å². The summed E-state index contributed by atoms with van der Waals surface area (Å²) in [5, 5.41) is 5.25. The minimum atomic E-state index is -3.63. The number of carbonyl (C=O) groups is 2. The van der Waals surface area contributed by atoms with Gasteiger partial charge >= 0.3 is 5.97 Å². The Morgan fingerprint density at radius 2 is 2.08 bits per heavy atom. The van der Waals surface area contributed by atoms with Gasteiger partial charge in [-0.3, -0.25) is 14.7 Å². The molecule has 216 valence electrons. The number of Topliss-reactive ketones (excluding diaryl/α,β-unsaturated/α-hetero) is 1. The van der Waals surface area contributed by atoms with Crippen molar-refractivity contribution >= 4 is 54.7 Å². The lowest BCUT2D eigenvalue weighted by Crippen LogP contribution is -2.42. The van der Waals surface area contributed by atoms with Crippen LogP contribution in [0.1, 0.15) is 36.4 Å². The zero-order chi connectivity index (χ0) is 29.2. The van der Waals surface area contributed by atoms with Gasteiger partial charge in [0.15, 0.2) is 20.7 Å². The van der Waals surface area contributed by atoms with E-state index in [1.807, 2.05) is 0 Å². The number of rotatable bonds is 10. The number of aliphatic imine (C=N–C) groups is 1. The average Bonchev–Trinajstić information content (AvgIpc) is 3.45. The van der Waals surface area contributed by atoms with E-state index < -0.39 is 70.6 Å². The van der Waals surface area contributed by atoms with Crippen molar-refractivity contribution in [1.29, 1.82) is 0 Å². The first-order valence-electron chi connectivity index (χ1n) is 12.2. The van der Waals surface area contributed by atoms with Gasteiger partial charge in [0, 0.05) is 53.4 Å². The highest BCUT2D eigenvalue weighted by Crippen LogP contribution is 2.39. The maximum absolute atomic E-state index is 14.6. The topological polar surface area (TPSA) is 118 Å². The van der Waals surface area contributed by atoms with Crippen LogP contribution in [0.2, 0.25) is 0 Å². The lowest BCUT2D eigenvalue weighted by Gasteiger charge is -2.31. The van der Waals surface area contributed by atoms with E-state index in [2.05, 4.69) is 31.2 Å². The highest BCUT2D eigenvalue weighted by atomic mass is 79.9. The van der Waals surface area contributed by atoms with Gasteiger partial charge < -0.3 is 10.1 Å². The standard InChI is InChI=1S/C25H26BrF3N4O5S2/c1-3-38-24(35)20-19(11-33-13-25(28,29)10-15(33)9-16(34)12-40(2,36)37)31-22(23-30-6-7-39-23)32-21(20)17-5-4-14(27)8-18(17)26/h4-8,15,21H,3,9-13H2,1-2H3,(H,31,32). The van der Waals surface area contributed by atoms with E-state index in [0.29, 0.717) is 15.0 Å². The van der Waals surface area contributed by atoms with E-state index in [0.717, 1.165) is 6.26 Å². The Hall–Kier alpha value is -2.62. The number of likely N-dealkylation sites (tertiary alicyclic amines) is 1. The maximum Gasteiger partial charge on any atom is 0.338 e. The molecule has 0 spiro atoms. The van der Waals surface area contributed by atoms with E-state index in [1.165, 1.54) is 34.4 Å². The number of alkyl halides is 2. The average molecular weight is 664 g/mol. The molecule has 2 aliphatic rings. The van der Waals surface area contributed by atoms with E-state index >= 15 is 0 Å². The Bertz CT molecular complexity index is 1460. The fourth-order valence-electron chi connectivity index (χ4n) is 4.74. The third kappa shape index (κ3) is 7.36. The first-order valence-corrected chi connectivity index (χ1v) is 15.9. The number of thiazole rings is 1. The Balaban J connectivity index is 1.78. The summed E-state index contributed by atoms with van der Waals surface area (Å²) in [5.41, 5.74) is 0.674. The van der Waals surface area contributed by atoms with E-state index in [-0.39, 0.29) is 30.3 Å². The summed E-state index contributed by atoms with van der Waals surface area (Å²) in [7, 11) is -3.63. The Labute approximate surface area is 241 Å². The van der Waals surface area contributed by atoms with Crippen LogP contribution in [0.5, 0.6) is 0 Å². The van der Waals surface area contributed by atoms with Crippen LogP contribution < -0.4 is 5.32 Å². The normalized spacial score (nSPS) is 21.2. The molecule has 0 radical (unpaired) electrons. The molecular weight excluding hydrogens is 637 g/mol. The second-order valence-electron chi connectivity index (χ2n) is 9.55. The zero-order valence-electron chi connectivity index (χ0n) is 21.5. The Morgan fingerprint density at radius 1 is 1.32 bits per heavy atom. The second-order valence-corrected chi connectivity index (χ2v) is 13.4. The second kappa shape index (κ2) is 12.1. The van der Waals surface area contributed by atoms with Crippen LogP contribution in [0.4, 0.5) is 13.2 Å². The van der Waals surface area contributed by atoms with Gasteiger partial charge in [-0.25, -0.2) is 31.4 Å². The number of hydrogen-bond acceptors (Lipinski definition) is 10. The quantitative estimate of drug-likeness (QED) is 0.383. The number of ketones is 1. The number of ether oxygens (including phenoxy) is 1. The Morgan fingerprint density at radius 3 is 2.70 bits per heavy atom. The molecule has 0 saturated carbocycles. The van der Waals surface area contributed by atoms with Crippen LogP contribution in [0.15, 0.2) is 50.5 Å². The number of halogens is 4. The molecule has 0 aliphatic carbocycles. The lowest BCUT2D eigenvalue weighted by molar-refractivity contribution is -0.139. The highest BCUT2D eigenvalue weighted by molar-refractivity contribution is 9.10.